The fraction of sp³-hybridized carbons (Fsp3) is 0.750. The summed E-state index contributed by atoms with van der Waals surface area (Å²) >= 11 is 0. The molecule has 64 valence electrons. The van der Waals surface area contributed by atoms with Gasteiger partial charge in [-0.05, 0) is 13.0 Å². The molecular formula is C8H15NO2. The molecule has 0 unspecified atom stereocenters. The van der Waals surface area contributed by atoms with Crippen LogP contribution in [0.3, 0.4) is 0 Å². The average Bonchev–Trinajstić information content (AvgIpc) is 2.05. The van der Waals surface area contributed by atoms with E-state index in [-0.39, 0.29) is 0 Å². The monoisotopic (exact) mass is 157 g/mol. The summed E-state index contributed by atoms with van der Waals surface area (Å²) in [6.07, 6.45) is 4.55. The summed E-state index contributed by atoms with van der Waals surface area (Å²) in [6.45, 7) is 2.85. The maximum absolute atomic E-state index is 10.1. The Bertz CT molecular complexity index is 107. The third-order valence-corrected chi connectivity index (χ3v) is 1.45. The van der Waals surface area contributed by atoms with Crippen molar-refractivity contribution in [3.05, 3.63) is 0 Å². The van der Waals surface area contributed by atoms with E-state index >= 15 is 0 Å². The molecule has 0 rings (SSSR count). The Morgan fingerprint density at radius 2 is 1.91 bits per heavy atom. The Labute approximate surface area is 67.2 Å². The van der Waals surface area contributed by atoms with Crippen LogP contribution in [0.2, 0.25) is 0 Å². The van der Waals surface area contributed by atoms with Crippen molar-refractivity contribution in [3.8, 4) is 0 Å². The van der Waals surface area contributed by atoms with E-state index in [1.54, 1.807) is 0 Å². The smallest absolute Gasteiger partial charge is 0.144 e. The molecule has 0 aromatic heterocycles. The number of carbonyl (C=O) groups is 2. The molecular weight excluding hydrogens is 142 g/mol. The third kappa shape index (κ3) is 5.73. The molecule has 0 aromatic carbocycles. The number of nitrogens with one attached hydrogen (secondary N) is 1. The van der Waals surface area contributed by atoms with Gasteiger partial charge in [0.05, 0.1) is 0 Å². The number of hydrogen-bond donors (Lipinski definition) is 1. The predicted molar refractivity (Wildman–Crippen MR) is 43.4 cm³/mol. The molecule has 0 fully saturated rings. The molecule has 0 aliphatic heterocycles. The highest BCUT2D eigenvalue weighted by Gasteiger charge is 2.01. The molecule has 3 heteroatoms. The van der Waals surface area contributed by atoms with Gasteiger partial charge in [-0.1, -0.05) is 19.8 Å². The van der Waals surface area contributed by atoms with Crippen molar-refractivity contribution in [1.82, 2.24) is 5.32 Å². The summed E-state index contributed by atoms with van der Waals surface area (Å²) in [6, 6.07) is -0.605. The molecule has 0 spiro atoms. The van der Waals surface area contributed by atoms with Gasteiger partial charge in [0, 0.05) is 0 Å². The molecule has 0 saturated heterocycles. The summed E-state index contributed by atoms with van der Waals surface area (Å²) in [5, 5.41) is 2.82. The van der Waals surface area contributed by atoms with Crippen molar-refractivity contribution in [3.63, 3.8) is 0 Å². The zero-order valence-electron chi connectivity index (χ0n) is 6.88. The molecule has 0 bridgehead atoms. The van der Waals surface area contributed by atoms with Crippen LogP contribution in [0.4, 0.5) is 0 Å². The Kier molecular flexibility index (Phi) is 6.94. The van der Waals surface area contributed by atoms with Gasteiger partial charge in [-0.15, -0.1) is 0 Å². The van der Waals surface area contributed by atoms with Gasteiger partial charge < -0.3 is 14.9 Å². The second-order valence-electron chi connectivity index (χ2n) is 2.46. The van der Waals surface area contributed by atoms with Crippen LogP contribution >= 0.6 is 0 Å². The second-order valence-corrected chi connectivity index (χ2v) is 2.46. The Morgan fingerprint density at radius 3 is 2.36 bits per heavy atom. The molecule has 0 aliphatic rings. The van der Waals surface area contributed by atoms with Gasteiger partial charge in [-0.2, -0.15) is 0 Å². The van der Waals surface area contributed by atoms with Crippen LogP contribution in [0.15, 0.2) is 0 Å². The van der Waals surface area contributed by atoms with Gasteiger partial charge in [0.1, 0.15) is 18.6 Å². The predicted octanol–water partition coefficient (Wildman–Crippen LogP) is 0.533. The van der Waals surface area contributed by atoms with E-state index in [1.807, 2.05) is 0 Å². The average molecular weight is 157 g/mol. The number of carbonyl (C=O) groups excluding carboxylic acids is 2. The minimum Gasteiger partial charge on any atom is -0.302 e. The lowest BCUT2D eigenvalue weighted by molar-refractivity contribution is -0.117. The second kappa shape index (κ2) is 7.41. The van der Waals surface area contributed by atoms with E-state index < -0.39 is 6.04 Å². The van der Waals surface area contributed by atoms with E-state index in [1.165, 1.54) is 0 Å². The summed E-state index contributed by atoms with van der Waals surface area (Å²) in [5.41, 5.74) is 0. The number of hydrogen-bond acceptors (Lipinski definition) is 3. The van der Waals surface area contributed by atoms with E-state index in [2.05, 4.69) is 12.2 Å². The van der Waals surface area contributed by atoms with Crippen LogP contribution < -0.4 is 5.32 Å². The number of unbranched alkanes of at least 4 members (excludes halogenated alkanes) is 2. The van der Waals surface area contributed by atoms with Crippen molar-refractivity contribution in [2.24, 2.45) is 0 Å². The van der Waals surface area contributed by atoms with Crippen LogP contribution in [-0.2, 0) is 9.59 Å². The van der Waals surface area contributed by atoms with Crippen LogP contribution in [0.1, 0.15) is 26.2 Å². The van der Waals surface area contributed by atoms with Crippen LogP contribution in [0, 0.1) is 0 Å². The molecule has 0 heterocycles. The van der Waals surface area contributed by atoms with Crippen LogP contribution in [-0.4, -0.2) is 25.2 Å². The summed E-state index contributed by atoms with van der Waals surface area (Å²) in [5.74, 6) is 0. The van der Waals surface area contributed by atoms with Gasteiger partial charge in [0.25, 0.3) is 0 Å². The molecule has 0 radical (unpaired) electrons. The first kappa shape index (κ1) is 10.3. The van der Waals surface area contributed by atoms with E-state index in [0.717, 1.165) is 25.8 Å². The standard InChI is InChI=1S/C8H15NO2/c1-2-3-4-5-9-8(6-10)7-11/h6-9H,2-5H2,1H3. The first-order valence-corrected chi connectivity index (χ1v) is 3.99. The summed E-state index contributed by atoms with van der Waals surface area (Å²) < 4.78 is 0. The Hall–Kier alpha value is -0.700. The molecule has 1 N–H and O–H groups in total. The highest BCUT2D eigenvalue weighted by molar-refractivity contribution is 5.82. The lowest BCUT2D eigenvalue weighted by Crippen LogP contribution is -2.32. The molecule has 3 nitrogen and oxygen atoms in total. The lowest BCUT2D eigenvalue weighted by atomic mass is 10.2. The molecule has 0 aliphatic carbocycles. The van der Waals surface area contributed by atoms with E-state index in [0.29, 0.717) is 12.6 Å². The van der Waals surface area contributed by atoms with Gasteiger partial charge >= 0.3 is 0 Å². The van der Waals surface area contributed by atoms with Gasteiger partial charge in [0.2, 0.25) is 0 Å². The zero-order chi connectivity index (χ0) is 8.53. The summed E-state index contributed by atoms with van der Waals surface area (Å²) in [7, 11) is 0. The topological polar surface area (TPSA) is 46.2 Å². The minimum absolute atomic E-state index is 0.605. The Balaban J connectivity index is 3.21. The first-order valence-electron chi connectivity index (χ1n) is 3.99. The summed E-state index contributed by atoms with van der Waals surface area (Å²) in [4.78, 5) is 20.2. The van der Waals surface area contributed by atoms with Crippen molar-refractivity contribution >= 4 is 12.6 Å². The third-order valence-electron chi connectivity index (χ3n) is 1.45. The normalized spacial score (nSPS) is 10.0. The lowest BCUT2D eigenvalue weighted by Gasteiger charge is -2.03. The van der Waals surface area contributed by atoms with Gasteiger partial charge in [-0.3, -0.25) is 0 Å². The molecule has 0 saturated carbocycles. The van der Waals surface area contributed by atoms with Gasteiger partial charge in [-0.25, -0.2) is 0 Å². The van der Waals surface area contributed by atoms with E-state index in [4.69, 9.17) is 0 Å². The highest BCUT2D eigenvalue weighted by atomic mass is 16.1. The fourth-order valence-corrected chi connectivity index (χ4v) is 0.772. The maximum Gasteiger partial charge on any atom is 0.144 e. The molecule has 0 atom stereocenters. The van der Waals surface area contributed by atoms with E-state index in [9.17, 15) is 9.59 Å². The zero-order valence-corrected chi connectivity index (χ0v) is 6.88. The van der Waals surface area contributed by atoms with Crippen molar-refractivity contribution in [2.75, 3.05) is 6.54 Å². The highest BCUT2D eigenvalue weighted by Crippen LogP contribution is 1.91. The molecule has 0 aromatic rings. The molecule has 0 amide bonds. The minimum atomic E-state index is -0.605. The number of rotatable bonds is 7. The van der Waals surface area contributed by atoms with Gasteiger partial charge in [0.15, 0.2) is 0 Å². The Morgan fingerprint density at radius 1 is 1.27 bits per heavy atom. The van der Waals surface area contributed by atoms with Crippen molar-refractivity contribution in [2.45, 2.75) is 32.2 Å². The maximum atomic E-state index is 10.1. The van der Waals surface area contributed by atoms with Crippen LogP contribution in [0.5, 0.6) is 0 Å². The van der Waals surface area contributed by atoms with Crippen LogP contribution in [0.25, 0.3) is 0 Å². The SMILES string of the molecule is CCCCCNC(C=O)C=O. The largest absolute Gasteiger partial charge is 0.302 e. The number of aldehydes is 2. The first-order chi connectivity index (χ1) is 5.35. The molecule has 11 heavy (non-hydrogen) atoms. The van der Waals surface area contributed by atoms with Crippen molar-refractivity contribution < 1.29 is 9.59 Å². The van der Waals surface area contributed by atoms with Crippen molar-refractivity contribution in [1.29, 1.82) is 0 Å². The fourth-order valence-electron chi connectivity index (χ4n) is 0.772. The quantitative estimate of drug-likeness (QED) is 0.333.